The summed E-state index contributed by atoms with van der Waals surface area (Å²) >= 11 is 1.99. The van der Waals surface area contributed by atoms with E-state index in [1.807, 2.05) is 24.2 Å². The average Bonchev–Trinajstić information content (AvgIpc) is 2.24. The van der Waals surface area contributed by atoms with Gasteiger partial charge in [-0.1, -0.05) is 26.8 Å². The number of nitrogens with zero attached hydrogens (tertiary/aromatic N) is 1. The number of aryl methyl sites for hydroxylation is 1. The van der Waals surface area contributed by atoms with Gasteiger partial charge in [-0.25, -0.2) is 0 Å². The molecule has 0 aromatic carbocycles. The highest BCUT2D eigenvalue weighted by Gasteiger charge is 2.11. The Morgan fingerprint density at radius 3 is 2.69 bits per heavy atom. The summed E-state index contributed by atoms with van der Waals surface area (Å²) in [6.45, 7) is 9.72. The van der Waals surface area contributed by atoms with E-state index < -0.39 is 0 Å². The molecule has 0 radical (unpaired) electrons. The second-order valence-electron chi connectivity index (χ2n) is 4.29. The second kappa shape index (κ2) is 6.92. The Balaban J connectivity index is 2.68. The van der Waals surface area contributed by atoms with E-state index in [0.29, 0.717) is 11.3 Å². The molecule has 0 fully saturated rings. The normalized spacial score (nSPS) is 13.1. The zero-order valence-corrected chi connectivity index (χ0v) is 11.5. The van der Waals surface area contributed by atoms with Gasteiger partial charge < -0.3 is 5.32 Å². The van der Waals surface area contributed by atoms with E-state index in [1.165, 1.54) is 11.1 Å². The van der Waals surface area contributed by atoms with E-state index in [9.17, 15) is 0 Å². The molecular weight excluding hydrogens is 216 g/mol. The minimum Gasteiger partial charge on any atom is -0.309 e. The Labute approximate surface area is 103 Å². The van der Waals surface area contributed by atoms with Crippen LogP contribution in [0.1, 0.15) is 37.9 Å². The standard InChI is InChI=1S/C13H22N2S/c1-5-15-13(9-16-10(2)3)12-6-11(4)7-14-8-12/h6-8,10,13,15H,5,9H2,1-4H3. The van der Waals surface area contributed by atoms with Crippen LogP contribution < -0.4 is 5.32 Å². The van der Waals surface area contributed by atoms with Crippen LogP contribution in [0.3, 0.4) is 0 Å². The molecule has 0 bridgehead atoms. The van der Waals surface area contributed by atoms with Gasteiger partial charge in [-0.3, -0.25) is 4.98 Å². The van der Waals surface area contributed by atoms with Crippen molar-refractivity contribution < 1.29 is 0 Å². The van der Waals surface area contributed by atoms with Crippen LogP contribution in [0.15, 0.2) is 18.5 Å². The number of rotatable bonds is 6. The van der Waals surface area contributed by atoms with Gasteiger partial charge in [0.05, 0.1) is 0 Å². The van der Waals surface area contributed by atoms with Gasteiger partial charge in [0.25, 0.3) is 0 Å². The van der Waals surface area contributed by atoms with E-state index in [0.717, 1.165) is 12.3 Å². The van der Waals surface area contributed by atoms with E-state index >= 15 is 0 Å². The highest BCUT2D eigenvalue weighted by atomic mass is 32.2. The number of hydrogen-bond acceptors (Lipinski definition) is 3. The predicted molar refractivity (Wildman–Crippen MR) is 73.0 cm³/mol. The molecule has 0 spiro atoms. The molecule has 3 heteroatoms. The number of thioether (sulfide) groups is 1. The van der Waals surface area contributed by atoms with Crippen LogP contribution in [0.25, 0.3) is 0 Å². The van der Waals surface area contributed by atoms with Crippen molar-refractivity contribution in [1.82, 2.24) is 10.3 Å². The van der Waals surface area contributed by atoms with Gasteiger partial charge in [0, 0.05) is 24.2 Å². The van der Waals surface area contributed by atoms with Gasteiger partial charge in [0.1, 0.15) is 0 Å². The lowest BCUT2D eigenvalue weighted by Gasteiger charge is -2.19. The fourth-order valence-electron chi connectivity index (χ4n) is 1.58. The zero-order valence-electron chi connectivity index (χ0n) is 10.7. The summed E-state index contributed by atoms with van der Waals surface area (Å²) in [4.78, 5) is 4.27. The van der Waals surface area contributed by atoms with E-state index in [4.69, 9.17) is 0 Å². The molecule has 16 heavy (non-hydrogen) atoms. The van der Waals surface area contributed by atoms with Crippen molar-refractivity contribution in [3.63, 3.8) is 0 Å². The van der Waals surface area contributed by atoms with Gasteiger partial charge >= 0.3 is 0 Å². The van der Waals surface area contributed by atoms with Crippen molar-refractivity contribution in [2.24, 2.45) is 0 Å². The van der Waals surface area contributed by atoms with Gasteiger partial charge in [-0.15, -0.1) is 0 Å². The van der Waals surface area contributed by atoms with E-state index in [2.05, 4.69) is 44.1 Å². The van der Waals surface area contributed by atoms with Crippen molar-refractivity contribution in [3.05, 3.63) is 29.6 Å². The Morgan fingerprint density at radius 1 is 1.38 bits per heavy atom. The molecule has 1 rings (SSSR count). The van der Waals surface area contributed by atoms with Crippen molar-refractivity contribution in [2.75, 3.05) is 12.3 Å². The lowest BCUT2D eigenvalue weighted by atomic mass is 10.1. The third-order valence-electron chi connectivity index (χ3n) is 2.35. The highest BCUT2D eigenvalue weighted by molar-refractivity contribution is 7.99. The van der Waals surface area contributed by atoms with Gasteiger partial charge in [-0.2, -0.15) is 11.8 Å². The minimum atomic E-state index is 0.421. The summed E-state index contributed by atoms with van der Waals surface area (Å²) in [6, 6.07) is 2.64. The zero-order chi connectivity index (χ0) is 12.0. The smallest absolute Gasteiger partial charge is 0.0427 e. The molecule has 0 aliphatic rings. The van der Waals surface area contributed by atoms with Crippen LogP contribution in [-0.2, 0) is 0 Å². The number of nitrogens with one attached hydrogen (secondary N) is 1. The van der Waals surface area contributed by atoms with Gasteiger partial charge in [0.2, 0.25) is 0 Å². The maximum atomic E-state index is 4.27. The maximum absolute atomic E-state index is 4.27. The summed E-state index contributed by atoms with van der Waals surface area (Å²) in [5, 5.41) is 4.20. The number of aromatic nitrogens is 1. The first kappa shape index (κ1) is 13.5. The topological polar surface area (TPSA) is 24.9 Å². The van der Waals surface area contributed by atoms with Crippen molar-refractivity contribution in [3.8, 4) is 0 Å². The van der Waals surface area contributed by atoms with Gasteiger partial charge in [-0.05, 0) is 29.8 Å². The summed E-state index contributed by atoms with van der Waals surface area (Å²) in [5.74, 6) is 1.11. The fraction of sp³-hybridized carbons (Fsp3) is 0.615. The first-order valence-electron chi connectivity index (χ1n) is 5.90. The summed E-state index contributed by atoms with van der Waals surface area (Å²) in [6.07, 6.45) is 3.88. The average molecular weight is 238 g/mol. The van der Waals surface area contributed by atoms with Crippen molar-refractivity contribution in [1.29, 1.82) is 0 Å². The summed E-state index contributed by atoms with van der Waals surface area (Å²) in [7, 11) is 0. The van der Waals surface area contributed by atoms with Crippen molar-refractivity contribution in [2.45, 2.75) is 39.0 Å². The molecule has 0 saturated heterocycles. The van der Waals surface area contributed by atoms with Crippen LogP contribution >= 0.6 is 11.8 Å². The monoisotopic (exact) mass is 238 g/mol. The summed E-state index contributed by atoms with van der Waals surface area (Å²) in [5.41, 5.74) is 2.53. The maximum Gasteiger partial charge on any atom is 0.0427 e. The van der Waals surface area contributed by atoms with E-state index in [-0.39, 0.29) is 0 Å². The Bertz CT molecular complexity index is 313. The molecule has 0 aliphatic heterocycles. The second-order valence-corrected chi connectivity index (χ2v) is 5.90. The lowest BCUT2D eigenvalue weighted by molar-refractivity contribution is 0.603. The largest absolute Gasteiger partial charge is 0.309 e. The first-order chi connectivity index (χ1) is 7.63. The Kier molecular flexibility index (Phi) is 5.85. The third-order valence-corrected chi connectivity index (χ3v) is 3.54. The molecule has 1 atom stereocenters. The Morgan fingerprint density at radius 2 is 2.12 bits per heavy atom. The van der Waals surface area contributed by atoms with E-state index in [1.54, 1.807) is 0 Å². The first-order valence-corrected chi connectivity index (χ1v) is 6.95. The quantitative estimate of drug-likeness (QED) is 0.824. The van der Waals surface area contributed by atoms with Crippen LogP contribution in [0.4, 0.5) is 0 Å². The molecule has 1 unspecified atom stereocenters. The molecule has 1 aromatic heterocycles. The van der Waals surface area contributed by atoms with Crippen LogP contribution in [0.5, 0.6) is 0 Å². The molecular formula is C13H22N2S. The molecule has 0 amide bonds. The van der Waals surface area contributed by atoms with Crippen LogP contribution in [0.2, 0.25) is 0 Å². The molecule has 0 saturated carbocycles. The lowest BCUT2D eigenvalue weighted by Crippen LogP contribution is -2.23. The van der Waals surface area contributed by atoms with Crippen LogP contribution in [-0.4, -0.2) is 22.5 Å². The fourth-order valence-corrected chi connectivity index (χ4v) is 2.46. The highest BCUT2D eigenvalue weighted by Crippen LogP contribution is 2.21. The predicted octanol–water partition coefficient (Wildman–Crippen LogP) is 3.18. The Hall–Kier alpha value is -0.540. The number of hydrogen-bond donors (Lipinski definition) is 1. The molecule has 0 aliphatic carbocycles. The third kappa shape index (κ3) is 4.54. The molecule has 1 N–H and O–H groups in total. The SMILES string of the molecule is CCNC(CSC(C)C)c1cncc(C)c1. The molecule has 90 valence electrons. The van der Waals surface area contributed by atoms with Crippen LogP contribution in [0, 0.1) is 6.92 Å². The number of pyridine rings is 1. The summed E-state index contributed by atoms with van der Waals surface area (Å²) < 4.78 is 0. The molecule has 2 nitrogen and oxygen atoms in total. The van der Waals surface area contributed by atoms with Crippen molar-refractivity contribution >= 4 is 11.8 Å². The minimum absolute atomic E-state index is 0.421. The molecule has 1 heterocycles. The van der Waals surface area contributed by atoms with Gasteiger partial charge in [0.15, 0.2) is 0 Å². The molecule has 1 aromatic rings.